The Bertz CT molecular complexity index is 3950. The maximum absolute atomic E-state index is 6.82. The number of hydrogen-bond acceptors (Lipinski definition) is 3. The zero-order chi connectivity index (χ0) is 42.8. The summed E-state index contributed by atoms with van der Waals surface area (Å²) in [5.41, 5.74) is 13.5. The van der Waals surface area contributed by atoms with Gasteiger partial charge in [-0.2, -0.15) is 0 Å². The molecule has 0 atom stereocenters. The van der Waals surface area contributed by atoms with E-state index in [-0.39, 0.29) is 0 Å². The Hall–Kier alpha value is -8.66. The highest BCUT2D eigenvalue weighted by atomic mass is 16.3. The van der Waals surface area contributed by atoms with Crippen molar-refractivity contribution in [1.29, 1.82) is 0 Å². The SMILES string of the molecule is c1ccc(-c2cccc(-c3cc(-c4ccc(-c5ccc6c(c5)oc5c7ccccc7c(-c7ccc8c9ccccc9c9ccccc9c8c7)cc65)cc4)nc(-c4ccccc4)n3)c2)cc1. The predicted octanol–water partition coefficient (Wildman–Crippen LogP) is 17.0. The molecule has 0 amide bonds. The van der Waals surface area contributed by atoms with Crippen molar-refractivity contribution in [2.75, 3.05) is 0 Å². The fourth-order valence-corrected chi connectivity index (χ4v) is 9.87. The Balaban J connectivity index is 0.888. The quantitative estimate of drug-likeness (QED) is 0.157. The molecule has 13 aromatic rings. The van der Waals surface area contributed by atoms with Gasteiger partial charge in [0, 0.05) is 32.8 Å². The van der Waals surface area contributed by atoms with Crippen LogP contribution in [0, 0.1) is 0 Å². The van der Waals surface area contributed by atoms with Gasteiger partial charge in [-0.05, 0) is 107 Å². The van der Waals surface area contributed by atoms with Crippen LogP contribution in [0.5, 0.6) is 0 Å². The molecule has 0 aliphatic heterocycles. The van der Waals surface area contributed by atoms with E-state index in [0.29, 0.717) is 5.82 Å². The molecule has 0 spiro atoms. The van der Waals surface area contributed by atoms with Gasteiger partial charge in [0.25, 0.3) is 0 Å². The van der Waals surface area contributed by atoms with E-state index < -0.39 is 0 Å². The molecule has 302 valence electrons. The highest BCUT2D eigenvalue weighted by molar-refractivity contribution is 6.26. The van der Waals surface area contributed by atoms with Gasteiger partial charge in [-0.3, -0.25) is 0 Å². The first-order valence-corrected chi connectivity index (χ1v) is 22.1. The Kier molecular flexibility index (Phi) is 8.53. The van der Waals surface area contributed by atoms with Gasteiger partial charge in [-0.1, -0.05) is 194 Å². The third kappa shape index (κ3) is 6.28. The van der Waals surface area contributed by atoms with Crippen LogP contribution in [0.1, 0.15) is 0 Å². The second-order valence-corrected chi connectivity index (χ2v) is 16.9. The standard InChI is InChI=1S/C62H38N2O/c1-3-14-39(15-4-1)43-18-13-19-46(34-43)59-38-58(63-62(64-59)42-16-5-2-6-17-42)41-28-26-40(27-29-41)44-30-33-53-57-37-55(51-24-11-12-25-54(51)61(57)65-60(53)36-44)45-31-32-52-49-22-8-7-20-47(49)48-21-9-10-23-50(48)56(52)35-45/h1-38H. The van der Waals surface area contributed by atoms with Gasteiger partial charge in [0.1, 0.15) is 11.2 Å². The van der Waals surface area contributed by atoms with Crippen LogP contribution in [0.4, 0.5) is 0 Å². The van der Waals surface area contributed by atoms with Crippen molar-refractivity contribution < 1.29 is 4.42 Å². The molecule has 2 heterocycles. The smallest absolute Gasteiger partial charge is 0.160 e. The molecule has 0 radical (unpaired) electrons. The molecule has 0 aliphatic carbocycles. The lowest BCUT2D eigenvalue weighted by atomic mass is 9.90. The first-order valence-electron chi connectivity index (χ1n) is 22.1. The summed E-state index contributed by atoms with van der Waals surface area (Å²) in [4.78, 5) is 10.2. The van der Waals surface area contributed by atoms with Gasteiger partial charge in [0.2, 0.25) is 0 Å². The van der Waals surface area contributed by atoms with E-state index in [1.807, 2.05) is 24.3 Å². The Morgan fingerprint density at radius 3 is 1.43 bits per heavy atom. The van der Waals surface area contributed by atoms with Crippen LogP contribution in [-0.4, -0.2) is 9.97 Å². The normalized spacial score (nSPS) is 11.7. The van der Waals surface area contributed by atoms with Crippen molar-refractivity contribution in [3.63, 3.8) is 0 Å². The summed E-state index contributed by atoms with van der Waals surface area (Å²) in [6, 6.07) is 82.2. The minimum absolute atomic E-state index is 0.695. The summed E-state index contributed by atoms with van der Waals surface area (Å²) in [6.45, 7) is 0. The van der Waals surface area contributed by atoms with Crippen molar-refractivity contribution in [2.24, 2.45) is 0 Å². The predicted molar refractivity (Wildman–Crippen MR) is 272 cm³/mol. The zero-order valence-corrected chi connectivity index (χ0v) is 35.2. The third-order valence-electron chi connectivity index (χ3n) is 13.1. The second kappa shape index (κ2) is 15.0. The van der Waals surface area contributed by atoms with Gasteiger partial charge in [0.05, 0.1) is 11.4 Å². The average Bonchev–Trinajstić information content (AvgIpc) is 3.77. The lowest BCUT2D eigenvalue weighted by molar-refractivity contribution is 0.673. The zero-order valence-electron chi connectivity index (χ0n) is 35.2. The van der Waals surface area contributed by atoms with Crippen molar-refractivity contribution in [1.82, 2.24) is 9.97 Å². The summed E-state index contributed by atoms with van der Waals surface area (Å²) in [6.07, 6.45) is 0. The number of nitrogens with zero attached hydrogens (tertiary/aromatic N) is 2. The molecule has 0 aliphatic rings. The molecule has 0 saturated carbocycles. The van der Waals surface area contributed by atoms with Crippen LogP contribution in [0.3, 0.4) is 0 Å². The summed E-state index contributed by atoms with van der Waals surface area (Å²) in [5, 5.41) is 12.1. The van der Waals surface area contributed by atoms with Crippen molar-refractivity contribution in [2.45, 2.75) is 0 Å². The van der Waals surface area contributed by atoms with Crippen molar-refractivity contribution in [3.05, 3.63) is 231 Å². The van der Waals surface area contributed by atoms with E-state index in [9.17, 15) is 0 Å². The topological polar surface area (TPSA) is 38.9 Å². The minimum Gasteiger partial charge on any atom is -0.455 e. The highest BCUT2D eigenvalue weighted by Gasteiger charge is 2.18. The second-order valence-electron chi connectivity index (χ2n) is 16.9. The Morgan fingerprint density at radius 1 is 0.246 bits per heavy atom. The van der Waals surface area contributed by atoms with Crippen molar-refractivity contribution in [3.8, 4) is 67.3 Å². The van der Waals surface area contributed by atoms with E-state index >= 15 is 0 Å². The van der Waals surface area contributed by atoms with E-state index in [1.54, 1.807) is 0 Å². The monoisotopic (exact) mass is 826 g/mol. The first kappa shape index (κ1) is 36.9. The summed E-state index contributed by atoms with van der Waals surface area (Å²) >= 11 is 0. The summed E-state index contributed by atoms with van der Waals surface area (Å²) in [5.74, 6) is 0.695. The molecule has 0 bridgehead atoms. The Labute approximate surface area is 375 Å². The molecule has 3 heteroatoms. The number of benzene rings is 11. The number of fused-ring (bicyclic) bond motifs is 11. The van der Waals surface area contributed by atoms with Gasteiger partial charge < -0.3 is 4.42 Å². The summed E-state index contributed by atoms with van der Waals surface area (Å²) < 4.78 is 6.82. The lowest BCUT2D eigenvalue weighted by Gasteiger charge is -2.13. The first-order chi connectivity index (χ1) is 32.2. The molecule has 13 rings (SSSR count). The molecule has 3 nitrogen and oxygen atoms in total. The maximum Gasteiger partial charge on any atom is 0.160 e. The van der Waals surface area contributed by atoms with Gasteiger partial charge in [-0.25, -0.2) is 9.97 Å². The minimum atomic E-state index is 0.695. The molecular formula is C62H38N2O. The molecule has 0 unspecified atom stereocenters. The third-order valence-corrected chi connectivity index (χ3v) is 13.1. The highest BCUT2D eigenvalue weighted by Crippen LogP contribution is 2.43. The lowest BCUT2D eigenvalue weighted by Crippen LogP contribution is -1.96. The van der Waals surface area contributed by atoms with E-state index in [0.717, 1.165) is 72.1 Å². The number of rotatable bonds is 6. The number of furan rings is 1. The molecule has 2 aromatic heterocycles. The molecular weight excluding hydrogens is 789 g/mol. The molecule has 11 aromatic carbocycles. The molecule has 0 saturated heterocycles. The van der Waals surface area contributed by atoms with Crippen LogP contribution in [-0.2, 0) is 0 Å². The van der Waals surface area contributed by atoms with Crippen LogP contribution in [0.25, 0.3) is 132 Å². The summed E-state index contributed by atoms with van der Waals surface area (Å²) in [7, 11) is 0. The van der Waals surface area contributed by atoms with E-state index in [1.165, 1.54) is 54.4 Å². The number of aromatic nitrogens is 2. The van der Waals surface area contributed by atoms with Gasteiger partial charge in [-0.15, -0.1) is 0 Å². The molecule has 65 heavy (non-hydrogen) atoms. The van der Waals surface area contributed by atoms with Gasteiger partial charge in [0.15, 0.2) is 5.82 Å². The average molecular weight is 827 g/mol. The van der Waals surface area contributed by atoms with Crippen LogP contribution < -0.4 is 0 Å². The fourth-order valence-electron chi connectivity index (χ4n) is 9.87. The molecule has 0 N–H and O–H groups in total. The molecule has 0 fully saturated rings. The van der Waals surface area contributed by atoms with Crippen molar-refractivity contribution >= 4 is 65.0 Å². The maximum atomic E-state index is 6.82. The fraction of sp³-hybridized carbons (Fsp3) is 0. The van der Waals surface area contributed by atoms with Crippen LogP contribution in [0.15, 0.2) is 235 Å². The van der Waals surface area contributed by atoms with Crippen LogP contribution >= 0.6 is 0 Å². The largest absolute Gasteiger partial charge is 0.455 e. The number of hydrogen-bond donors (Lipinski definition) is 0. The van der Waals surface area contributed by atoms with Gasteiger partial charge >= 0.3 is 0 Å². The van der Waals surface area contributed by atoms with Crippen LogP contribution in [0.2, 0.25) is 0 Å². The Morgan fingerprint density at radius 2 is 0.723 bits per heavy atom. The van der Waals surface area contributed by atoms with E-state index in [2.05, 4.69) is 206 Å². The van der Waals surface area contributed by atoms with E-state index in [4.69, 9.17) is 14.4 Å².